The Bertz CT molecular complexity index is 420. The molecule has 1 aliphatic carbocycles. The number of hydrogen-bond donors (Lipinski definition) is 0. The Morgan fingerprint density at radius 1 is 1.19 bits per heavy atom. The molecule has 84 valence electrons. The first-order valence-electron chi connectivity index (χ1n) is 5.90. The van der Waals surface area contributed by atoms with Crippen LogP contribution in [0.1, 0.15) is 53.3 Å². The number of unbranched alkanes of at least 4 members (excludes halogenated alkanes) is 1. The molecule has 0 heterocycles. The molecule has 0 bridgehead atoms. The van der Waals surface area contributed by atoms with Crippen molar-refractivity contribution >= 4 is 11.6 Å². The number of ketones is 2. The number of carbonyl (C=O) groups excluding carboxylic acids is 2. The van der Waals surface area contributed by atoms with Crippen LogP contribution in [0.15, 0.2) is 24.3 Å². The molecule has 0 aliphatic heterocycles. The summed E-state index contributed by atoms with van der Waals surface area (Å²) in [5.74, 6) is 0.197. The van der Waals surface area contributed by atoms with Gasteiger partial charge in [-0.1, -0.05) is 44.0 Å². The number of fused-ring (bicyclic) bond motifs is 1. The predicted octanol–water partition coefficient (Wildman–Crippen LogP) is 3.26. The Morgan fingerprint density at radius 2 is 1.88 bits per heavy atom. The van der Waals surface area contributed by atoms with Gasteiger partial charge in [-0.25, -0.2) is 0 Å². The highest BCUT2D eigenvalue weighted by Crippen LogP contribution is 2.28. The maximum atomic E-state index is 12.1. The van der Waals surface area contributed by atoms with Crippen LogP contribution in [-0.2, 0) is 0 Å². The number of carbonyl (C=O) groups is 2. The van der Waals surface area contributed by atoms with Crippen molar-refractivity contribution < 1.29 is 9.59 Å². The highest BCUT2D eigenvalue weighted by atomic mass is 16.1. The van der Waals surface area contributed by atoms with E-state index in [4.69, 9.17) is 0 Å². The topological polar surface area (TPSA) is 34.1 Å². The Labute approximate surface area is 95.7 Å². The fraction of sp³-hybridized carbons (Fsp3) is 0.429. The van der Waals surface area contributed by atoms with E-state index in [-0.39, 0.29) is 17.5 Å². The molecule has 1 aromatic carbocycles. The molecule has 1 unspecified atom stereocenters. The molecule has 0 saturated heterocycles. The van der Waals surface area contributed by atoms with Gasteiger partial charge < -0.3 is 0 Å². The normalized spacial score (nSPS) is 19.7. The second-order valence-corrected chi connectivity index (χ2v) is 4.38. The smallest absolute Gasteiger partial charge is 0.167 e. The van der Waals surface area contributed by atoms with Gasteiger partial charge in [0.05, 0.1) is 0 Å². The molecule has 2 rings (SSSR count). The SMILES string of the molecule is CCCCC1CC(=O)c2ccccc2C1=O. The highest BCUT2D eigenvalue weighted by Gasteiger charge is 2.31. The van der Waals surface area contributed by atoms with Crippen LogP contribution in [0.5, 0.6) is 0 Å². The predicted molar refractivity (Wildman–Crippen MR) is 62.7 cm³/mol. The van der Waals surface area contributed by atoms with Crippen LogP contribution in [0.2, 0.25) is 0 Å². The molecule has 1 aromatic rings. The van der Waals surface area contributed by atoms with Gasteiger partial charge in [0, 0.05) is 23.5 Å². The van der Waals surface area contributed by atoms with E-state index >= 15 is 0 Å². The number of hydrogen-bond acceptors (Lipinski definition) is 2. The van der Waals surface area contributed by atoms with Crippen LogP contribution in [0.4, 0.5) is 0 Å². The lowest BCUT2D eigenvalue weighted by molar-refractivity contribution is 0.0815. The number of Topliss-reactive ketones (excluding diaryl/α,β-unsaturated/α-hetero) is 2. The van der Waals surface area contributed by atoms with Crippen molar-refractivity contribution in [1.82, 2.24) is 0 Å². The van der Waals surface area contributed by atoms with Crippen LogP contribution < -0.4 is 0 Å². The third kappa shape index (κ3) is 1.92. The average Bonchev–Trinajstić information content (AvgIpc) is 2.32. The molecule has 1 aliphatic rings. The largest absolute Gasteiger partial charge is 0.294 e. The molecular formula is C14H16O2. The van der Waals surface area contributed by atoms with E-state index in [0.29, 0.717) is 17.5 Å². The summed E-state index contributed by atoms with van der Waals surface area (Å²) in [5.41, 5.74) is 1.24. The second-order valence-electron chi connectivity index (χ2n) is 4.38. The molecule has 0 spiro atoms. The van der Waals surface area contributed by atoms with E-state index in [1.165, 1.54) is 0 Å². The van der Waals surface area contributed by atoms with Gasteiger partial charge >= 0.3 is 0 Å². The third-order valence-corrected chi connectivity index (χ3v) is 3.20. The van der Waals surface area contributed by atoms with Crippen LogP contribution in [0.25, 0.3) is 0 Å². The van der Waals surface area contributed by atoms with Crippen molar-refractivity contribution in [3.8, 4) is 0 Å². The van der Waals surface area contributed by atoms with E-state index in [0.717, 1.165) is 19.3 Å². The summed E-state index contributed by atoms with van der Waals surface area (Å²) in [6.07, 6.45) is 3.33. The molecule has 2 heteroatoms. The Balaban J connectivity index is 2.27. The van der Waals surface area contributed by atoms with E-state index in [9.17, 15) is 9.59 Å². The first kappa shape index (κ1) is 11.1. The van der Waals surface area contributed by atoms with Gasteiger partial charge in [0.25, 0.3) is 0 Å². The lowest BCUT2D eigenvalue weighted by Gasteiger charge is -2.21. The van der Waals surface area contributed by atoms with Crippen molar-refractivity contribution in [3.63, 3.8) is 0 Å². The Kier molecular flexibility index (Phi) is 3.18. The molecule has 2 nitrogen and oxygen atoms in total. The van der Waals surface area contributed by atoms with Crippen molar-refractivity contribution in [2.45, 2.75) is 32.6 Å². The van der Waals surface area contributed by atoms with E-state index < -0.39 is 0 Å². The van der Waals surface area contributed by atoms with E-state index in [1.807, 2.05) is 12.1 Å². The van der Waals surface area contributed by atoms with Crippen molar-refractivity contribution in [3.05, 3.63) is 35.4 Å². The maximum absolute atomic E-state index is 12.1. The fourth-order valence-electron chi connectivity index (χ4n) is 2.27. The first-order valence-corrected chi connectivity index (χ1v) is 5.90. The standard InChI is InChI=1S/C14H16O2/c1-2-3-6-10-9-13(15)11-7-4-5-8-12(11)14(10)16/h4-5,7-8,10H,2-3,6,9H2,1H3. The van der Waals surface area contributed by atoms with E-state index in [2.05, 4.69) is 6.92 Å². The van der Waals surface area contributed by atoms with Crippen LogP contribution >= 0.6 is 0 Å². The summed E-state index contributed by atoms with van der Waals surface area (Å²) in [7, 11) is 0. The molecule has 16 heavy (non-hydrogen) atoms. The quantitative estimate of drug-likeness (QED) is 0.777. The highest BCUT2D eigenvalue weighted by molar-refractivity contribution is 6.14. The van der Waals surface area contributed by atoms with Crippen molar-refractivity contribution in [1.29, 1.82) is 0 Å². The summed E-state index contributed by atoms with van der Waals surface area (Å²) in [4.78, 5) is 24.0. The zero-order valence-corrected chi connectivity index (χ0v) is 9.53. The third-order valence-electron chi connectivity index (χ3n) is 3.20. The van der Waals surface area contributed by atoms with Gasteiger partial charge in [0.2, 0.25) is 0 Å². The molecule has 0 aromatic heterocycles. The first-order chi connectivity index (χ1) is 7.74. The van der Waals surface area contributed by atoms with Gasteiger partial charge in [0.15, 0.2) is 11.6 Å². The Hall–Kier alpha value is -1.44. The van der Waals surface area contributed by atoms with Crippen molar-refractivity contribution in [2.24, 2.45) is 5.92 Å². The molecule has 0 amide bonds. The monoisotopic (exact) mass is 216 g/mol. The van der Waals surface area contributed by atoms with Crippen LogP contribution in [-0.4, -0.2) is 11.6 Å². The molecule has 1 atom stereocenters. The summed E-state index contributed by atoms with van der Waals surface area (Å²) in [6.45, 7) is 2.10. The maximum Gasteiger partial charge on any atom is 0.167 e. The van der Waals surface area contributed by atoms with Gasteiger partial charge in [-0.05, 0) is 6.42 Å². The number of rotatable bonds is 3. The lowest BCUT2D eigenvalue weighted by Crippen LogP contribution is -2.26. The minimum atomic E-state index is -0.0812. The molecular weight excluding hydrogens is 200 g/mol. The zero-order valence-electron chi connectivity index (χ0n) is 9.53. The summed E-state index contributed by atoms with van der Waals surface area (Å²) in [5, 5.41) is 0. The Morgan fingerprint density at radius 3 is 2.56 bits per heavy atom. The molecule has 0 N–H and O–H groups in total. The minimum Gasteiger partial charge on any atom is -0.294 e. The summed E-state index contributed by atoms with van der Waals surface area (Å²) in [6, 6.07) is 7.17. The molecule has 0 radical (unpaired) electrons. The van der Waals surface area contributed by atoms with E-state index in [1.54, 1.807) is 12.1 Å². The second kappa shape index (κ2) is 4.60. The van der Waals surface area contributed by atoms with Gasteiger partial charge in [0.1, 0.15) is 0 Å². The average molecular weight is 216 g/mol. The zero-order chi connectivity index (χ0) is 11.5. The molecule has 0 saturated carbocycles. The fourth-order valence-corrected chi connectivity index (χ4v) is 2.27. The van der Waals surface area contributed by atoms with Gasteiger partial charge in [-0.3, -0.25) is 9.59 Å². The summed E-state index contributed by atoms with van der Waals surface area (Å²) < 4.78 is 0. The van der Waals surface area contributed by atoms with Gasteiger partial charge in [-0.15, -0.1) is 0 Å². The van der Waals surface area contributed by atoms with Crippen molar-refractivity contribution in [2.75, 3.05) is 0 Å². The lowest BCUT2D eigenvalue weighted by atomic mass is 9.79. The van der Waals surface area contributed by atoms with Crippen LogP contribution in [0, 0.1) is 5.92 Å². The van der Waals surface area contributed by atoms with Crippen LogP contribution in [0.3, 0.4) is 0 Å². The minimum absolute atomic E-state index is 0.0812. The van der Waals surface area contributed by atoms with Gasteiger partial charge in [-0.2, -0.15) is 0 Å². The summed E-state index contributed by atoms with van der Waals surface area (Å²) >= 11 is 0. The molecule has 0 fully saturated rings. The number of benzene rings is 1.